The van der Waals surface area contributed by atoms with Crippen molar-refractivity contribution >= 4 is 11.7 Å². The smallest absolute Gasteiger partial charge is 0.340 e. The molecule has 2 aromatic rings. The Morgan fingerprint density at radius 2 is 1.89 bits per heavy atom. The van der Waals surface area contributed by atoms with Gasteiger partial charge in [0.1, 0.15) is 5.82 Å². The van der Waals surface area contributed by atoms with Gasteiger partial charge in [0, 0.05) is 5.69 Å². The van der Waals surface area contributed by atoms with Crippen molar-refractivity contribution in [3.05, 3.63) is 65.0 Å². The second-order valence-electron chi connectivity index (χ2n) is 4.18. The molecular formula is C15H14FNO2. The quantitative estimate of drug-likeness (QED) is 0.681. The van der Waals surface area contributed by atoms with E-state index in [2.05, 4.69) is 0 Å². The highest BCUT2D eigenvalue weighted by molar-refractivity contribution is 5.96. The van der Waals surface area contributed by atoms with Crippen LogP contribution in [0.4, 0.5) is 10.1 Å². The van der Waals surface area contributed by atoms with Gasteiger partial charge < -0.3 is 10.5 Å². The number of halogens is 1. The Morgan fingerprint density at radius 3 is 2.53 bits per heavy atom. The van der Waals surface area contributed by atoms with Crippen LogP contribution in [0.3, 0.4) is 0 Å². The van der Waals surface area contributed by atoms with Crippen LogP contribution in [-0.4, -0.2) is 13.1 Å². The van der Waals surface area contributed by atoms with Crippen LogP contribution in [0.1, 0.15) is 21.5 Å². The average Bonchev–Trinajstić information content (AvgIpc) is 2.41. The summed E-state index contributed by atoms with van der Waals surface area (Å²) in [7, 11) is 1.32. The Hall–Kier alpha value is -2.36. The molecule has 98 valence electrons. The first-order valence-electron chi connectivity index (χ1n) is 5.82. The Labute approximate surface area is 110 Å². The lowest BCUT2D eigenvalue weighted by Gasteiger charge is -2.10. The number of nitrogens with two attached hydrogens (primary N) is 1. The first-order valence-corrected chi connectivity index (χ1v) is 5.82. The maximum absolute atomic E-state index is 12.9. The predicted molar refractivity (Wildman–Crippen MR) is 71.4 cm³/mol. The number of nitrogen functional groups attached to an aromatic ring is 1. The van der Waals surface area contributed by atoms with Crippen LogP contribution in [0, 0.1) is 5.82 Å². The number of anilines is 1. The van der Waals surface area contributed by atoms with E-state index in [4.69, 9.17) is 10.5 Å². The van der Waals surface area contributed by atoms with E-state index in [1.54, 1.807) is 24.3 Å². The fourth-order valence-corrected chi connectivity index (χ4v) is 1.94. The number of benzene rings is 2. The number of carbonyl (C=O) groups is 1. The molecule has 0 saturated heterocycles. The third kappa shape index (κ3) is 2.91. The molecular weight excluding hydrogens is 245 g/mol. The van der Waals surface area contributed by atoms with E-state index >= 15 is 0 Å². The third-order valence-electron chi connectivity index (χ3n) is 2.88. The van der Waals surface area contributed by atoms with Gasteiger partial charge in [-0.3, -0.25) is 0 Å². The van der Waals surface area contributed by atoms with Gasteiger partial charge in [0.25, 0.3) is 0 Å². The molecule has 0 bridgehead atoms. The zero-order chi connectivity index (χ0) is 13.8. The van der Waals surface area contributed by atoms with Crippen LogP contribution in [0.25, 0.3) is 0 Å². The molecule has 0 aromatic heterocycles. The highest BCUT2D eigenvalue weighted by Crippen LogP contribution is 2.21. The summed E-state index contributed by atoms with van der Waals surface area (Å²) < 4.78 is 17.6. The first-order chi connectivity index (χ1) is 9.11. The van der Waals surface area contributed by atoms with Crippen molar-refractivity contribution < 1.29 is 13.9 Å². The molecule has 0 spiro atoms. The molecule has 19 heavy (non-hydrogen) atoms. The van der Waals surface area contributed by atoms with Crippen LogP contribution in [0.15, 0.2) is 42.5 Å². The van der Waals surface area contributed by atoms with E-state index < -0.39 is 5.97 Å². The minimum atomic E-state index is -0.463. The van der Waals surface area contributed by atoms with Gasteiger partial charge in [-0.05, 0) is 35.7 Å². The van der Waals surface area contributed by atoms with Crippen molar-refractivity contribution in [2.45, 2.75) is 6.42 Å². The molecule has 0 radical (unpaired) electrons. The first kappa shape index (κ1) is 13.1. The van der Waals surface area contributed by atoms with Gasteiger partial charge in [-0.2, -0.15) is 0 Å². The van der Waals surface area contributed by atoms with E-state index in [0.29, 0.717) is 17.7 Å². The van der Waals surface area contributed by atoms with E-state index in [1.807, 2.05) is 6.07 Å². The Kier molecular flexibility index (Phi) is 3.80. The van der Waals surface area contributed by atoms with Crippen LogP contribution < -0.4 is 5.73 Å². The molecule has 3 nitrogen and oxygen atoms in total. The maximum Gasteiger partial charge on any atom is 0.340 e. The molecule has 0 saturated carbocycles. The van der Waals surface area contributed by atoms with E-state index in [-0.39, 0.29) is 5.82 Å². The third-order valence-corrected chi connectivity index (χ3v) is 2.88. The maximum atomic E-state index is 12.9. The number of hydrogen-bond acceptors (Lipinski definition) is 3. The standard InChI is InChI=1S/C15H14FNO2/c1-19-15(18)14-11(3-2-4-13(14)17)9-10-5-7-12(16)8-6-10/h2-8H,9,17H2,1H3. The average molecular weight is 259 g/mol. The van der Waals surface area contributed by atoms with Gasteiger partial charge in [0.2, 0.25) is 0 Å². The molecule has 4 heteroatoms. The van der Waals surface area contributed by atoms with Gasteiger partial charge >= 0.3 is 5.97 Å². The summed E-state index contributed by atoms with van der Waals surface area (Å²) in [4.78, 5) is 11.7. The van der Waals surface area contributed by atoms with Crippen LogP contribution in [-0.2, 0) is 11.2 Å². The Morgan fingerprint density at radius 1 is 1.21 bits per heavy atom. The van der Waals surface area contributed by atoms with Gasteiger partial charge in [-0.1, -0.05) is 24.3 Å². The lowest BCUT2D eigenvalue weighted by atomic mass is 9.98. The van der Waals surface area contributed by atoms with Gasteiger partial charge in [-0.25, -0.2) is 9.18 Å². The molecule has 0 aliphatic rings. The molecule has 2 aromatic carbocycles. The number of methoxy groups -OCH3 is 1. The van der Waals surface area contributed by atoms with Gasteiger partial charge in [0.15, 0.2) is 0 Å². The fourth-order valence-electron chi connectivity index (χ4n) is 1.94. The fraction of sp³-hybridized carbons (Fsp3) is 0.133. The van der Waals surface area contributed by atoms with Crippen LogP contribution in [0.2, 0.25) is 0 Å². The molecule has 0 aliphatic heterocycles. The number of ether oxygens (including phenoxy) is 1. The Bertz CT molecular complexity index is 594. The summed E-state index contributed by atoms with van der Waals surface area (Å²) in [6.45, 7) is 0. The van der Waals surface area contributed by atoms with Crippen LogP contribution >= 0.6 is 0 Å². The lowest BCUT2D eigenvalue weighted by molar-refractivity contribution is 0.0601. The molecule has 0 heterocycles. The molecule has 0 amide bonds. The normalized spacial score (nSPS) is 10.2. The molecule has 0 fully saturated rings. The van der Waals surface area contributed by atoms with E-state index in [1.165, 1.54) is 19.2 Å². The minimum absolute atomic E-state index is 0.287. The SMILES string of the molecule is COC(=O)c1c(N)cccc1Cc1ccc(F)cc1. The second kappa shape index (κ2) is 5.52. The molecule has 0 aliphatic carbocycles. The lowest BCUT2D eigenvalue weighted by Crippen LogP contribution is -2.09. The van der Waals surface area contributed by atoms with Crippen molar-refractivity contribution in [2.75, 3.05) is 12.8 Å². The molecule has 0 atom stereocenters. The highest BCUT2D eigenvalue weighted by atomic mass is 19.1. The number of rotatable bonds is 3. The van der Waals surface area contributed by atoms with Crippen molar-refractivity contribution in [1.29, 1.82) is 0 Å². The summed E-state index contributed by atoms with van der Waals surface area (Å²) in [6, 6.07) is 11.4. The Balaban J connectivity index is 2.37. The second-order valence-corrected chi connectivity index (χ2v) is 4.18. The topological polar surface area (TPSA) is 52.3 Å². The van der Waals surface area contributed by atoms with Crippen LogP contribution in [0.5, 0.6) is 0 Å². The summed E-state index contributed by atoms with van der Waals surface area (Å²) in [5.41, 5.74) is 8.23. The summed E-state index contributed by atoms with van der Waals surface area (Å²) in [5, 5.41) is 0. The van der Waals surface area contributed by atoms with Gasteiger partial charge in [0.05, 0.1) is 12.7 Å². The monoisotopic (exact) mass is 259 g/mol. The summed E-state index contributed by atoms with van der Waals surface area (Å²) in [5.74, 6) is -0.750. The van der Waals surface area contributed by atoms with Crippen molar-refractivity contribution in [3.8, 4) is 0 Å². The van der Waals surface area contributed by atoms with Crippen molar-refractivity contribution in [1.82, 2.24) is 0 Å². The molecule has 0 unspecified atom stereocenters. The van der Waals surface area contributed by atoms with Gasteiger partial charge in [-0.15, -0.1) is 0 Å². The zero-order valence-corrected chi connectivity index (χ0v) is 10.5. The largest absolute Gasteiger partial charge is 0.465 e. The summed E-state index contributed by atoms with van der Waals surface area (Å²) >= 11 is 0. The number of esters is 1. The van der Waals surface area contributed by atoms with E-state index in [9.17, 15) is 9.18 Å². The summed E-state index contributed by atoms with van der Waals surface area (Å²) in [6.07, 6.45) is 0.496. The van der Waals surface area contributed by atoms with Crippen molar-refractivity contribution in [3.63, 3.8) is 0 Å². The van der Waals surface area contributed by atoms with E-state index in [0.717, 1.165) is 11.1 Å². The molecule has 2 rings (SSSR count). The number of carbonyl (C=O) groups excluding carboxylic acids is 1. The highest BCUT2D eigenvalue weighted by Gasteiger charge is 2.15. The zero-order valence-electron chi connectivity index (χ0n) is 10.5. The number of hydrogen-bond donors (Lipinski definition) is 1. The predicted octanol–water partition coefficient (Wildman–Crippen LogP) is 2.79. The molecule has 2 N–H and O–H groups in total. The van der Waals surface area contributed by atoms with Crippen molar-refractivity contribution in [2.24, 2.45) is 0 Å². The minimum Gasteiger partial charge on any atom is -0.465 e.